The van der Waals surface area contributed by atoms with Crippen LogP contribution in [0.5, 0.6) is 0 Å². The van der Waals surface area contributed by atoms with Gasteiger partial charge in [0.2, 0.25) is 0 Å². The lowest BCUT2D eigenvalue weighted by Gasteiger charge is -2.11. The van der Waals surface area contributed by atoms with Gasteiger partial charge in [0.15, 0.2) is 18.0 Å². The summed E-state index contributed by atoms with van der Waals surface area (Å²) in [4.78, 5) is 21.2. The van der Waals surface area contributed by atoms with Crippen LogP contribution in [0, 0.1) is 0 Å². The van der Waals surface area contributed by atoms with Crippen LogP contribution in [0.3, 0.4) is 0 Å². The summed E-state index contributed by atoms with van der Waals surface area (Å²) in [6.45, 7) is 4.08. The van der Waals surface area contributed by atoms with E-state index < -0.39 is 0 Å². The van der Waals surface area contributed by atoms with Crippen molar-refractivity contribution in [2.45, 2.75) is 19.9 Å². The van der Waals surface area contributed by atoms with E-state index in [9.17, 15) is 4.79 Å². The number of rotatable bonds is 6. The number of amides is 1. The number of nitrogens with zero attached hydrogens (tertiary/aromatic N) is 5. The number of nitrogens with one attached hydrogen (secondary N) is 2. The molecule has 0 unspecified atom stereocenters. The van der Waals surface area contributed by atoms with Crippen LogP contribution in [0.4, 0.5) is 17.3 Å². The maximum absolute atomic E-state index is 12.7. The van der Waals surface area contributed by atoms with Crippen LogP contribution in [0.15, 0.2) is 65.9 Å². The SMILES string of the molecule is CC(C)n1cnnc1-c1cccc(NC(=O)c2cccc(Nc3cocn3)c2)n1. The lowest BCUT2D eigenvalue weighted by molar-refractivity contribution is 0.102. The highest BCUT2D eigenvalue weighted by molar-refractivity contribution is 6.04. The van der Waals surface area contributed by atoms with Gasteiger partial charge >= 0.3 is 0 Å². The Morgan fingerprint density at radius 2 is 2.00 bits per heavy atom. The van der Waals surface area contributed by atoms with Crippen LogP contribution >= 0.6 is 0 Å². The van der Waals surface area contributed by atoms with E-state index >= 15 is 0 Å². The minimum absolute atomic E-state index is 0.194. The van der Waals surface area contributed by atoms with Crippen molar-refractivity contribution in [2.75, 3.05) is 10.6 Å². The highest BCUT2D eigenvalue weighted by Gasteiger charge is 2.13. The van der Waals surface area contributed by atoms with Gasteiger partial charge in [-0.2, -0.15) is 4.98 Å². The van der Waals surface area contributed by atoms with Crippen molar-refractivity contribution in [2.24, 2.45) is 0 Å². The van der Waals surface area contributed by atoms with Gasteiger partial charge < -0.3 is 19.6 Å². The zero-order chi connectivity index (χ0) is 20.2. The summed E-state index contributed by atoms with van der Waals surface area (Å²) in [6.07, 6.45) is 4.48. The third kappa shape index (κ3) is 4.13. The highest BCUT2D eigenvalue weighted by atomic mass is 16.3. The second-order valence-corrected chi connectivity index (χ2v) is 6.60. The number of benzene rings is 1. The summed E-state index contributed by atoms with van der Waals surface area (Å²) < 4.78 is 6.86. The van der Waals surface area contributed by atoms with Gasteiger partial charge in [-0.05, 0) is 44.2 Å². The summed E-state index contributed by atoms with van der Waals surface area (Å²) >= 11 is 0. The molecule has 1 amide bonds. The van der Waals surface area contributed by atoms with Gasteiger partial charge in [-0.3, -0.25) is 4.79 Å². The Morgan fingerprint density at radius 1 is 1.14 bits per heavy atom. The predicted octanol–water partition coefficient (Wildman–Crippen LogP) is 3.90. The number of carbonyl (C=O) groups excluding carboxylic acids is 1. The average molecular weight is 389 g/mol. The number of hydrogen-bond donors (Lipinski definition) is 2. The van der Waals surface area contributed by atoms with E-state index in [4.69, 9.17) is 4.42 Å². The van der Waals surface area contributed by atoms with Crippen molar-refractivity contribution in [3.63, 3.8) is 0 Å². The molecule has 0 aliphatic rings. The Morgan fingerprint density at radius 3 is 2.79 bits per heavy atom. The van der Waals surface area contributed by atoms with Crippen LogP contribution in [0.25, 0.3) is 11.5 Å². The van der Waals surface area contributed by atoms with E-state index in [0.29, 0.717) is 28.7 Å². The molecule has 9 nitrogen and oxygen atoms in total. The van der Waals surface area contributed by atoms with Crippen molar-refractivity contribution in [3.05, 3.63) is 67.0 Å². The van der Waals surface area contributed by atoms with E-state index in [1.807, 2.05) is 36.6 Å². The molecule has 0 aliphatic carbocycles. The lowest BCUT2D eigenvalue weighted by Crippen LogP contribution is -2.13. The Bertz CT molecular complexity index is 1120. The molecule has 0 atom stereocenters. The van der Waals surface area contributed by atoms with Gasteiger partial charge in [0, 0.05) is 17.3 Å². The summed E-state index contributed by atoms with van der Waals surface area (Å²) in [5.41, 5.74) is 1.84. The van der Waals surface area contributed by atoms with Crippen molar-refractivity contribution in [3.8, 4) is 11.5 Å². The summed E-state index contributed by atoms with van der Waals surface area (Å²) in [5.74, 6) is 1.37. The summed E-state index contributed by atoms with van der Waals surface area (Å²) in [5, 5.41) is 14.0. The molecule has 4 aromatic rings. The minimum Gasteiger partial charge on any atom is -0.449 e. The molecule has 29 heavy (non-hydrogen) atoms. The molecule has 0 fully saturated rings. The van der Waals surface area contributed by atoms with Gasteiger partial charge in [-0.15, -0.1) is 10.2 Å². The van der Waals surface area contributed by atoms with Crippen LogP contribution in [-0.4, -0.2) is 30.6 Å². The van der Waals surface area contributed by atoms with Crippen LogP contribution in [-0.2, 0) is 0 Å². The average Bonchev–Trinajstić information content (AvgIpc) is 3.40. The van der Waals surface area contributed by atoms with Gasteiger partial charge in [-0.1, -0.05) is 12.1 Å². The molecular weight excluding hydrogens is 370 g/mol. The second kappa shape index (κ2) is 7.93. The Hall–Kier alpha value is -4.01. The van der Waals surface area contributed by atoms with Gasteiger partial charge in [0.1, 0.15) is 24.1 Å². The number of pyridine rings is 1. The fourth-order valence-electron chi connectivity index (χ4n) is 2.78. The van der Waals surface area contributed by atoms with Crippen molar-refractivity contribution in [1.82, 2.24) is 24.7 Å². The lowest BCUT2D eigenvalue weighted by atomic mass is 10.2. The largest absolute Gasteiger partial charge is 0.449 e. The number of oxazole rings is 1. The molecule has 146 valence electrons. The zero-order valence-electron chi connectivity index (χ0n) is 15.9. The molecule has 0 saturated heterocycles. The first-order valence-corrected chi connectivity index (χ1v) is 9.04. The summed E-state index contributed by atoms with van der Waals surface area (Å²) in [6, 6.07) is 12.6. The van der Waals surface area contributed by atoms with E-state index in [0.717, 1.165) is 5.69 Å². The normalized spacial score (nSPS) is 10.9. The predicted molar refractivity (Wildman–Crippen MR) is 108 cm³/mol. The number of anilines is 3. The quantitative estimate of drug-likeness (QED) is 0.514. The molecule has 2 N–H and O–H groups in total. The maximum Gasteiger partial charge on any atom is 0.256 e. The number of carbonyl (C=O) groups is 1. The Balaban J connectivity index is 1.52. The van der Waals surface area contributed by atoms with Gasteiger partial charge in [-0.25, -0.2) is 4.98 Å². The molecule has 0 spiro atoms. The van der Waals surface area contributed by atoms with Crippen molar-refractivity contribution < 1.29 is 9.21 Å². The molecule has 1 aromatic carbocycles. The smallest absolute Gasteiger partial charge is 0.256 e. The molecule has 0 bridgehead atoms. The van der Waals surface area contributed by atoms with Crippen molar-refractivity contribution in [1.29, 1.82) is 0 Å². The highest BCUT2D eigenvalue weighted by Crippen LogP contribution is 2.21. The van der Waals surface area contributed by atoms with E-state index in [-0.39, 0.29) is 11.9 Å². The van der Waals surface area contributed by atoms with Crippen LogP contribution in [0.2, 0.25) is 0 Å². The summed E-state index contributed by atoms with van der Waals surface area (Å²) in [7, 11) is 0. The number of aromatic nitrogens is 5. The third-order valence-electron chi connectivity index (χ3n) is 4.18. The van der Waals surface area contributed by atoms with E-state index in [2.05, 4.69) is 30.8 Å². The fraction of sp³-hybridized carbons (Fsp3) is 0.150. The fourth-order valence-corrected chi connectivity index (χ4v) is 2.78. The molecule has 9 heteroatoms. The molecule has 0 radical (unpaired) electrons. The zero-order valence-corrected chi connectivity index (χ0v) is 15.9. The minimum atomic E-state index is -0.274. The van der Waals surface area contributed by atoms with E-state index in [1.54, 1.807) is 30.6 Å². The molecule has 4 rings (SSSR count). The monoisotopic (exact) mass is 389 g/mol. The van der Waals surface area contributed by atoms with Gasteiger partial charge in [0.25, 0.3) is 5.91 Å². The van der Waals surface area contributed by atoms with Crippen LogP contribution < -0.4 is 10.6 Å². The Kier molecular flexibility index (Phi) is 5.02. The molecule has 0 saturated carbocycles. The standard InChI is InChI=1S/C20H19N7O2/c1-13(2)27-11-22-26-19(27)16-7-4-8-17(24-16)25-20(28)14-5-3-6-15(9-14)23-18-10-29-12-21-18/h3-13,23H,1-2H3,(H,24,25,28). The third-order valence-corrected chi connectivity index (χ3v) is 4.18. The molecular formula is C20H19N7O2. The molecule has 3 aromatic heterocycles. The second-order valence-electron chi connectivity index (χ2n) is 6.60. The maximum atomic E-state index is 12.7. The van der Waals surface area contributed by atoms with Crippen molar-refractivity contribution >= 4 is 23.2 Å². The molecule has 0 aliphatic heterocycles. The van der Waals surface area contributed by atoms with E-state index in [1.165, 1.54) is 12.7 Å². The first kappa shape index (κ1) is 18.4. The first-order chi connectivity index (χ1) is 14.1. The molecule has 3 heterocycles. The van der Waals surface area contributed by atoms with Gasteiger partial charge in [0.05, 0.1) is 0 Å². The first-order valence-electron chi connectivity index (χ1n) is 9.04. The topological polar surface area (TPSA) is 111 Å². The number of hydrogen-bond acceptors (Lipinski definition) is 7. The van der Waals surface area contributed by atoms with Crippen LogP contribution in [0.1, 0.15) is 30.2 Å². The Labute approximate surface area is 166 Å².